The lowest BCUT2D eigenvalue weighted by Gasteiger charge is -2.34. The van der Waals surface area contributed by atoms with E-state index in [1.54, 1.807) is 4.31 Å². The van der Waals surface area contributed by atoms with Gasteiger partial charge in [-0.05, 0) is 43.5 Å². The zero-order valence-corrected chi connectivity index (χ0v) is 21.2. The van der Waals surface area contributed by atoms with Crippen LogP contribution in [0, 0.1) is 0 Å². The van der Waals surface area contributed by atoms with Gasteiger partial charge in [0, 0.05) is 12.6 Å². The zero-order valence-electron chi connectivity index (χ0n) is 20.4. The summed E-state index contributed by atoms with van der Waals surface area (Å²) in [6.07, 6.45) is 1.62. The van der Waals surface area contributed by atoms with Crippen LogP contribution in [0.25, 0.3) is 0 Å². The third-order valence-electron chi connectivity index (χ3n) is 5.89. The fourth-order valence-electron chi connectivity index (χ4n) is 4.17. The van der Waals surface area contributed by atoms with Crippen molar-refractivity contribution >= 4 is 16.1 Å². The maximum absolute atomic E-state index is 13.5. The van der Waals surface area contributed by atoms with Gasteiger partial charge in [-0.1, -0.05) is 67.6 Å². The topological polar surface area (TPSA) is 97.0 Å². The van der Waals surface area contributed by atoms with E-state index in [9.17, 15) is 13.2 Å². The van der Waals surface area contributed by atoms with E-state index in [2.05, 4.69) is 10.6 Å². The van der Waals surface area contributed by atoms with Gasteiger partial charge >= 0.3 is 6.09 Å². The molecule has 1 aliphatic rings. The van der Waals surface area contributed by atoms with E-state index in [1.807, 2.05) is 67.6 Å². The van der Waals surface area contributed by atoms with Gasteiger partial charge in [-0.15, -0.1) is 0 Å². The summed E-state index contributed by atoms with van der Waals surface area (Å²) in [7, 11) is -3.64. The lowest BCUT2D eigenvalue weighted by Crippen LogP contribution is -2.51. The lowest BCUT2D eigenvalue weighted by atomic mass is 10.1. The second-order valence-corrected chi connectivity index (χ2v) is 10.7. The average molecular weight is 504 g/mol. The summed E-state index contributed by atoms with van der Waals surface area (Å²) in [6, 6.07) is 18.2. The first kappa shape index (κ1) is 27.1. The number of rotatable bonds is 13. The largest absolute Gasteiger partial charge is 0.445 e. The normalized spacial score (nSPS) is 15.6. The van der Waals surface area contributed by atoms with Crippen LogP contribution in [0.1, 0.15) is 37.3 Å². The Hall–Kier alpha value is -2.46. The third-order valence-corrected chi connectivity index (χ3v) is 7.91. The van der Waals surface area contributed by atoms with Crippen molar-refractivity contribution in [2.24, 2.45) is 0 Å². The number of piperidine rings is 1. The van der Waals surface area contributed by atoms with E-state index >= 15 is 0 Å². The van der Waals surface area contributed by atoms with Crippen molar-refractivity contribution in [3.8, 4) is 0 Å². The van der Waals surface area contributed by atoms with Crippen LogP contribution in [-0.4, -0.2) is 62.9 Å². The molecule has 0 bridgehead atoms. The van der Waals surface area contributed by atoms with E-state index in [0.29, 0.717) is 13.2 Å². The Kier molecular flexibility index (Phi) is 11.0. The molecular weight excluding hydrogens is 466 g/mol. The lowest BCUT2D eigenvalue weighted by molar-refractivity contribution is 0.0929. The first-order chi connectivity index (χ1) is 17.0. The molecule has 8 nitrogen and oxygen atoms in total. The summed E-state index contributed by atoms with van der Waals surface area (Å²) in [5.41, 5.74) is 1.83. The van der Waals surface area contributed by atoms with Crippen LogP contribution in [0.15, 0.2) is 60.7 Å². The maximum atomic E-state index is 13.5. The number of nitrogens with zero attached hydrogens (tertiary/aromatic N) is 1. The van der Waals surface area contributed by atoms with Gasteiger partial charge in [-0.3, -0.25) is 0 Å². The number of sulfonamides is 1. The fourth-order valence-corrected chi connectivity index (χ4v) is 6.18. The zero-order chi connectivity index (χ0) is 24.9. The van der Waals surface area contributed by atoms with Crippen LogP contribution in [0.4, 0.5) is 4.79 Å². The number of benzene rings is 2. The smallest absolute Gasteiger partial charge is 0.407 e. The monoisotopic (exact) mass is 503 g/mol. The Labute approximate surface area is 209 Å². The van der Waals surface area contributed by atoms with E-state index in [1.165, 1.54) is 0 Å². The number of alkyl carbamates (subject to hydrolysis) is 1. The molecule has 1 aliphatic heterocycles. The molecule has 2 N–H and O–H groups in total. The second-order valence-electron chi connectivity index (χ2n) is 8.77. The van der Waals surface area contributed by atoms with Crippen molar-refractivity contribution in [1.29, 1.82) is 0 Å². The van der Waals surface area contributed by atoms with E-state index in [0.717, 1.165) is 43.5 Å². The summed E-state index contributed by atoms with van der Waals surface area (Å²) in [5.74, 6) is -0.244. The summed E-state index contributed by atoms with van der Waals surface area (Å²) in [5, 5.41) is 6.01. The third kappa shape index (κ3) is 9.25. The Bertz CT molecular complexity index is 983. The molecule has 0 radical (unpaired) electrons. The molecule has 1 unspecified atom stereocenters. The van der Waals surface area contributed by atoms with Crippen LogP contribution >= 0.6 is 0 Å². The van der Waals surface area contributed by atoms with Gasteiger partial charge in [0.15, 0.2) is 0 Å². The molecule has 1 amide bonds. The highest BCUT2D eigenvalue weighted by molar-refractivity contribution is 7.89. The molecule has 0 spiro atoms. The summed E-state index contributed by atoms with van der Waals surface area (Å²) >= 11 is 0. The van der Waals surface area contributed by atoms with E-state index < -0.39 is 22.2 Å². The molecule has 0 aromatic heterocycles. The minimum atomic E-state index is -3.64. The Balaban J connectivity index is 1.65. The molecule has 35 heavy (non-hydrogen) atoms. The van der Waals surface area contributed by atoms with Crippen molar-refractivity contribution in [3.05, 3.63) is 71.8 Å². The summed E-state index contributed by atoms with van der Waals surface area (Å²) in [4.78, 5) is 12.5. The molecule has 192 valence electrons. The highest BCUT2D eigenvalue weighted by Gasteiger charge is 2.33. The number of ether oxygens (including phenoxy) is 2. The van der Waals surface area contributed by atoms with Gasteiger partial charge in [0.05, 0.1) is 25.0 Å². The predicted molar refractivity (Wildman–Crippen MR) is 136 cm³/mol. The average Bonchev–Trinajstić information content (AvgIpc) is 2.87. The highest BCUT2D eigenvalue weighted by atomic mass is 32.2. The van der Waals surface area contributed by atoms with Crippen molar-refractivity contribution in [3.63, 3.8) is 0 Å². The quantitative estimate of drug-likeness (QED) is 0.435. The number of carbonyl (C=O) groups excluding carboxylic acids is 1. The SMILES string of the molecule is CCCN(C1CCNCC1)S(=O)(=O)CC(COCc1ccccc1)NC(=O)OCc1ccccc1. The van der Waals surface area contributed by atoms with E-state index in [-0.39, 0.29) is 25.0 Å². The fraction of sp³-hybridized carbons (Fsp3) is 0.500. The van der Waals surface area contributed by atoms with Crippen LogP contribution in [0.5, 0.6) is 0 Å². The summed E-state index contributed by atoms with van der Waals surface area (Å²) in [6.45, 7) is 4.52. The van der Waals surface area contributed by atoms with Crippen molar-refractivity contribution in [1.82, 2.24) is 14.9 Å². The molecule has 9 heteroatoms. The van der Waals surface area contributed by atoms with Gasteiger partial charge in [0.1, 0.15) is 6.61 Å². The second kappa shape index (κ2) is 14.2. The Morgan fingerprint density at radius 3 is 2.23 bits per heavy atom. The molecule has 1 heterocycles. The summed E-state index contributed by atoms with van der Waals surface area (Å²) < 4.78 is 39.7. The molecule has 2 aromatic carbocycles. The molecular formula is C26H37N3O5S. The maximum Gasteiger partial charge on any atom is 0.407 e. The number of hydrogen-bond acceptors (Lipinski definition) is 6. The van der Waals surface area contributed by atoms with Gasteiger partial charge < -0.3 is 20.1 Å². The van der Waals surface area contributed by atoms with Crippen LogP contribution < -0.4 is 10.6 Å². The Morgan fingerprint density at radius 1 is 1.03 bits per heavy atom. The number of amides is 1. The van der Waals surface area contributed by atoms with Gasteiger partial charge in [-0.2, -0.15) is 4.31 Å². The standard InChI is InChI=1S/C26H37N3O5S/c1-2-17-29(25-13-15-27-16-14-25)35(31,32)21-24(20-33-18-22-9-5-3-6-10-22)28-26(30)34-19-23-11-7-4-8-12-23/h3-12,24-25,27H,2,13-21H2,1H3,(H,28,30). The molecule has 1 saturated heterocycles. The minimum absolute atomic E-state index is 0.0304. The van der Waals surface area contributed by atoms with Crippen LogP contribution in [0.2, 0.25) is 0 Å². The molecule has 0 aliphatic carbocycles. The van der Waals surface area contributed by atoms with Crippen LogP contribution in [-0.2, 0) is 32.7 Å². The molecule has 2 aromatic rings. The predicted octanol–water partition coefficient (Wildman–Crippen LogP) is 3.29. The van der Waals surface area contributed by atoms with Crippen molar-refractivity contribution in [2.45, 2.75) is 51.5 Å². The van der Waals surface area contributed by atoms with Crippen LogP contribution in [0.3, 0.4) is 0 Å². The van der Waals surface area contributed by atoms with Gasteiger partial charge in [0.25, 0.3) is 0 Å². The number of carbonyl (C=O) groups is 1. The van der Waals surface area contributed by atoms with Gasteiger partial charge in [-0.25, -0.2) is 13.2 Å². The molecule has 3 rings (SSSR count). The van der Waals surface area contributed by atoms with E-state index in [4.69, 9.17) is 9.47 Å². The molecule has 1 atom stereocenters. The van der Waals surface area contributed by atoms with Crippen molar-refractivity contribution < 1.29 is 22.7 Å². The van der Waals surface area contributed by atoms with Crippen molar-refractivity contribution in [2.75, 3.05) is 32.0 Å². The molecule has 1 fully saturated rings. The number of nitrogens with one attached hydrogen (secondary N) is 2. The molecule has 0 saturated carbocycles. The highest BCUT2D eigenvalue weighted by Crippen LogP contribution is 2.18. The van der Waals surface area contributed by atoms with Gasteiger partial charge in [0.2, 0.25) is 10.0 Å². The number of hydrogen-bond donors (Lipinski definition) is 2. The first-order valence-electron chi connectivity index (χ1n) is 12.3. The first-order valence-corrected chi connectivity index (χ1v) is 13.9. The Morgan fingerprint density at radius 2 is 1.63 bits per heavy atom. The minimum Gasteiger partial charge on any atom is -0.445 e.